The molecule has 2 N–H and O–H groups in total. The highest BCUT2D eigenvalue weighted by Crippen LogP contribution is 2.26. The van der Waals surface area contributed by atoms with Gasteiger partial charge in [0.2, 0.25) is 0 Å². The Labute approximate surface area is 135 Å². The summed E-state index contributed by atoms with van der Waals surface area (Å²) >= 11 is 3.45. The highest BCUT2D eigenvalue weighted by atomic mass is 79.9. The molecular formula is C18H22BrNO. The highest BCUT2D eigenvalue weighted by molar-refractivity contribution is 9.10. The molecule has 0 bridgehead atoms. The summed E-state index contributed by atoms with van der Waals surface area (Å²) in [6, 6.07) is 16.3. The maximum Gasteiger partial charge on any atom is 0.138 e. The second-order valence-corrected chi connectivity index (χ2v) is 6.59. The fourth-order valence-corrected chi connectivity index (χ4v) is 2.47. The monoisotopic (exact) mass is 347 g/mol. The largest absolute Gasteiger partial charge is 0.484 e. The zero-order valence-corrected chi connectivity index (χ0v) is 14.3. The van der Waals surface area contributed by atoms with Crippen LogP contribution < -0.4 is 10.5 Å². The Kier molecular flexibility index (Phi) is 5.43. The smallest absolute Gasteiger partial charge is 0.138 e. The molecule has 0 saturated heterocycles. The van der Waals surface area contributed by atoms with E-state index in [9.17, 15) is 0 Å². The van der Waals surface area contributed by atoms with Crippen LogP contribution in [0.1, 0.15) is 43.9 Å². The van der Waals surface area contributed by atoms with Crippen molar-refractivity contribution in [1.29, 1.82) is 0 Å². The molecule has 0 aliphatic heterocycles. The van der Waals surface area contributed by atoms with E-state index in [0.717, 1.165) is 15.8 Å². The van der Waals surface area contributed by atoms with E-state index >= 15 is 0 Å². The van der Waals surface area contributed by atoms with Crippen molar-refractivity contribution in [2.75, 3.05) is 0 Å². The molecule has 2 aromatic rings. The first kappa shape index (κ1) is 16.1. The van der Waals surface area contributed by atoms with E-state index in [1.807, 2.05) is 43.3 Å². The summed E-state index contributed by atoms with van der Waals surface area (Å²) in [5, 5.41) is 0. The van der Waals surface area contributed by atoms with Crippen molar-refractivity contribution < 1.29 is 4.74 Å². The van der Waals surface area contributed by atoms with E-state index in [0.29, 0.717) is 5.92 Å². The molecule has 0 amide bonds. The van der Waals surface area contributed by atoms with Crippen LogP contribution in [0.5, 0.6) is 5.75 Å². The Morgan fingerprint density at radius 3 is 1.86 bits per heavy atom. The van der Waals surface area contributed by atoms with Crippen LogP contribution in [0.2, 0.25) is 0 Å². The van der Waals surface area contributed by atoms with Crippen molar-refractivity contribution in [3.63, 3.8) is 0 Å². The van der Waals surface area contributed by atoms with Crippen LogP contribution in [0, 0.1) is 0 Å². The lowest BCUT2D eigenvalue weighted by Gasteiger charge is -2.23. The van der Waals surface area contributed by atoms with Gasteiger partial charge in [0.25, 0.3) is 0 Å². The Morgan fingerprint density at radius 2 is 1.38 bits per heavy atom. The third-order valence-electron chi connectivity index (χ3n) is 3.49. The zero-order chi connectivity index (χ0) is 15.4. The summed E-state index contributed by atoms with van der Waals surface area (Å²) in [5.41, 5.74) is 8.49. The van der Waals surface area contributed by atoms with Gasteiger partial charge in [0, 0.05) is 10.5 Å². The van der Waals surface area contributed by atoms with Crippen molar-refractivity contribution in [2.45, 2.75) is 38.8 Å². The molecule has 3 heteroatoms. The fourth-order valence-electron chi connectivity index (χ4n) is 2.21. The van der Waals surface area contributed by atoms with Crippen molar-refractivity contribution in [3.8, 4) is 5.75 Å². The third-order valence-corrected chi connectivity index (χ3v) is 4.01. The normalized spacial score (nSPS) is 14.0. The van der Waals surface area contributed by atoms with Gasteiger partial charge in [0.05, 0.1) is 0 Å². The average molecular weight is 348 g/mol. The van der Waals surface area contributed by atoms with Gasteiger partial charge in [-0.05, 0) is 48.2 Å². The second-order valence-electron chi connectivity index (χ2n) is 5.67. The van der Waals surface area contributed by atoms with Crippen LogP contribution >= 0.6 is 15.9 Å². The minimum Gasteiger partial charge on any atom is -0.484 e. The fraction of sp³-hybridized carbons (Fsp3) is 0.333. The predicted molar refractivity (Wildman–Crippen MR) is 91.7 cm³/mol. The van der Waals surface area contributed by atoms with Gasteiger partial charge in [-0.1, -0.05) is 54.0 Å². The first-order chi connectivity index (χ1) is 9.97. The van der Waals surface area contributed by atoms with E-state index in [1.54, 1.807) is 0 Å². The van der Waals surface area contributed by atoms with Gasteiger partial charge >= 0.3 is 0 Å². The summed E-state index contributed by atoms with van der Waals surface area (Å²) < 4.78 is 7.15. The molecule has 112 valence electrons. The summed E-state index contributed by atoms with van der Waals surface area (Å²) in [5.74, 6) is 1.37. The molecule has 0 radical (unpaired) electrons. The molecule has 2 unspecified atom stereocenters. The van der Waals surface area contributed by atoms with Gasteiger partial charge < -0.3 is 10.5 Å². The predicted octanol–water partition coefficient (Wildman–Crippen LogP) is 5.04. The van der Waals surface area contributed by atoms with Crippen molar-refractivity contribution in [1.82, 2.24) is 0 Å². The molecule has 2 nitrogen and oxygen atoms in total. The lowest BCUT2D eigenvalue weighted by atomic mass is 10.0. The van der Waals surface area contributed by atoms with Crippen LogP contribution in [-0.2, 0) is 0 Å². The van der Waals surface area contributed by atoms with E-state index in [2.05, 4.69) is 41.9 Å². The molecule has 0 heterocycles. The standard InChI is InChI=1S/C18H22BrNO/c1-12(2)14-6-10-17(11-7-14)21-18(13(3)20)15-4-8-16(19)9-5-15/h4-13,18H,20H2,1-3H3. The summed E-state index contributed by atoms with van der Waals surface area (Å²) in [7, 11) is 0. The van der Waals surface area contributed by atoms with Crippen molar-refractivity contribution in [3.05, 3.63) is 64.1 Å². The molecule has 2 atom stereocenters. The SMILES string of the molecule is CC(C)c1ccc(OC(c2ccc(Br)cc2)C(C)N)cc1. The maximum absolute atomic E-state index is 6.10. The minimum atomic E-state index is -0.150. The van der Waals surface area contributed by atoms with E-state index in [-0.39, 0.29) is 12.1 Å². The molecule has 0 aliphatic carbocycles. The molecule has 0 aliphatic rings. The molecule has 21 heavy (non-hydrogen) atoms. The van der Waals surface area contributed by atoms with Crippen LogP contribution in [0.25, 0.3) is 0 Å². The second kappa shape index (κ2) is 7.10. The highest BCUT2D eigenvalue weighted by Gasteiger charge is 2.18. The quantitative estimate of drug-likeness (QED) is 0.822. The number of hydrogen-bond acceptors (Lipinski definition) is 2. The number of rotatable bonds is 5. The topological polar surface area (TPSA) is 35.2 Å². The van der Waals surface area contributed by atoms with Gasteiger partial charge in [-0.25, -0.2) is 0 Å². The lowest BCUT2D eigenvalue weighted by Crippen LogP contribution is -2.29. The van der Waals surface area contributed by atoms with Crippen molar-refractivity contribution >= 4 is 15.9 Å². The van der Waals surface area contributed by atoms with E-state index in [1.165, 1.54) is 5.56 Å². The molecule has 2 rings (SSSR count). The van der Waals surface area contributed by atoms with Gasteiger partial charge in [-0.3, -0.25) is 0 Å². The molecule has 0 saturated carbocycles. The first-order valence-corrected chi connectivity index (χ1v) is 8.04. The lowest BCUT2D eigenvalue weighted by molar-refractivity contribution is 0.180. The molecule has 0 aromatic heterocycles. The van der Waals surface area contributed by atoms with Crippen LogP contribution in [0.4, 0.5) is 0 Å². The van der Waals surface area contributed by atoms with Gasteiger partial charge in [0.1, 0.15) is 11.9 Å². The van der Waals surface area contributed by atoms with E-state index < -0.39 is 0 Å². The van der Waals surface area contributed by atoms with E-state index in [4.69, 9.17) is 10.5 Å². The Balaban J connectivity index is 2.18. The number of halogens is 1. The average Bonchev–Trinajstić information content (AvgIpc) is 2.46. The third kappa shape index (κ3) is 4.32. The number of benzene rings is 2. The zero-order valence-electron chi connectivity index (χ0n) is 12.7. The maximum atomic E-state index is 6.10. The van der Waals surface area contributed by atoms with Crippen LogP contribution in [0.15, 0.2) is 53.0 Å². The van der Waals surface area contributed by atoms with Gasteiger partial charge in [0.15, 0.2) is 0 Å². The van der Waals surface area contributed by atoms with Crippen molar-refractivity contribution in [2.24, 2.45) is 5.73 Å². The van der Waals surface area contributed by atoms with Crippen LogP contribution in [-0.4, -0.2) is 6.04 Å². The summed E-state index contributed by atoms with van der Waals surface area (Å²) in [4.78, 5) is 0. The minimum absolute atomic E-state index is 0.0871. The Morgan fingerprint density at radius 1 is 0.857 bits per heavy atom. The van der Waals surface area contributed by atoms with Gasteiger partial charge in [-0.15, -0.1) is 0 Å². The van der Waals surface area contributed by atoms with Gasteiger partial charge in [-0.2, -0.15) is 0 Å². The summed E-state index contributed by atoms with van der Waals surface area (Å²) in [6.45, 7) is 6.33. The number of nitrogens with two attached hydrogens (primary N) is 1. The number of ether oxygens (including phenoxy) is 1. The Bertz CT molecular complexity index is 561. The molecule has 0 fully saturated rings. The molecule has 0 spiro atoms. The Hall–Kier alpha value is -1.32. The van der Waals surface area contributed by atoms with Crippen LogP contribution in [0.3, 0.4) is 0 Å². The molecule has 2 aromatic carbocycles. The number of hydrogen-bond donors (Lipinski definition) is 1. The molecular weight excluding hydrogens is 326 g/mol. The summed E-state index contributed by atoms with van der Waals surface area (Å²) in [6.07, 6.45) is -0.150. The first-order valence-electron chi connectivity index (χ1n) is 7.25.